The van der Waals surface area contributed by atoms with E-state index in [-0.39, 0.29) is 5.41 Å². The Labute approximate surface area is 73.0 Å². The highest BCUT2D eigenvalue weighted by atomic mass is 14.9. The van der Waals surface area contributed by atoms with Gasteiger partial charge < -0.3 is 5.73 Å². The van der Waals surface area contributed by atoms with E-state index in [0.717, 1.165) is 12.0 Å². The Morgan fingerprint density at radius 3 is 2.58 bits per heavy atom. The molecule has 1 heterocycles. The Hall–Kier alpha value is -1.12. The second kappa shape index (κ2) is 3.09. The van der Waals surface area contributed by atoms with Crippen LogP contribution in [-0.4, -0.2) is 9.97 Å². The number of nitrogens with zero attached hydrogens (tertiary/aromatic N) is 2. The van der Waals surface area contributed by atoms with Crippen molar-refractivity contribution < 1.29 is 0 Å². The predicted molar refractivity (Wildman–Crippen MR) is 49.6 cm³/mol. The highest BCUT2D eigenvalue weighted by molar-refractivity contribution is 5.36. The molecule has 0 atom stereocenters. The summed E-state index contributed by atoms with van der Waals surface area (Å²) in [5.41, 5.74) is 6.94. The Bertz CT molecular complexity index is 263. The third kappa shape index (κ3) is 2.49. The largest absolute Gasteiger partial charge is 0.383 e. The second-order valence-electron chi connectivity index (χ2n) is 4.17. The normalized spacial score (nSPS) is 11.6. The summed E-state index contributed by atoms with van der Waals surface area (Å²) >= 11 is 0. The fourth-order valence-corrected chi connectivity index (χ4v) is 1.08. The zero-order valence-corrected chi connectivity index (χ0v) is 7.83. The molecule has 0 saturated carbocycles. The van der Waals surface area contributed by atoms with Gasteiger partial charge in [0.25, 0.3) is 0 Å². The summed E-state index contributed by atoms with van der Waals surface area (Å²) in [7, 11) is 0. The number of rotatable bonds is 1. The molecule has 0 saturated heterocycles. The van der Waals surface area contributed by atoms with Gasteiger partial charge in [-0.2, -0.15) is 0 Å². The summed E-state index contributed by atoms with van der Waals surface area (Å²) in [6.45, 7) is 6.50. The highest BCUT2D eigenvalue weighted by Gasteiger charge is 2.13. The molecule has 3 heteroatoms. The van der Waals surface area contributed by atoms with Crippen LogP contribution in [-0.2, 0) is 6.42 Å². The lowest BCUT2D eigenvalue weighted by Crippen LogP contribution is -2.11. The van der Waals surface area contributed by atoms with E-state index in [0.29, 0.717) is 5.82 Å². The van der Waals surface area contributed by atoms with E-state index in [2.05, 4.69) is 30.7 Å². The molecule has 3 nitrogen and oxygen atoms in total. The van der Waals surface area contributed by atoms with Crippen LogP contribution >= 0.6 is 0 Å². The molecule has 0 aliphatic heterocycles. The monoisotopic (exact) mass is 165 g/mol. The van der Waals surface area contributed by atoms with Crippen LogP contribution in [0.5, 0.6) is 0 Å². The SMILES string of the molecule is CC(C)(C)Cc1cncnc1N. The van der Waals surface area contributed by atoms with E-state index >= 15 is 0 Å². The summed E-state index contributed by atoms with van der Waals surface area (Å²) in [5, 5.41) is 0. The van der Waals surface area contributed by atoms with Gasteiger partial charge in [0.2, 0.25) is 0 Å². The molecule has 0 aliphatic rings. The quantitative estimate of drug-likeness (QED) is 0.688. The summed E-state index contributed by atoms with van der Waals surface area (Å²) in [4.78, 5) is 7.87. The van der Waals surface area contributed by atoms with Crippen LogP contribution in [0, 0.1) is 5.41 Å². The van der Waals surface area contributed by atoms with Gasteiger partial charge in [-0.15, -0.1) is 0 Å². The number of hydrogen-bond donors (Lipinski definition) is 1. The summed E-state index contributed by atoms with van der Waals surface area (Å²) in [6, 6.07) is 0. The first-order valence-electron chi connectivity index (χ1n) is 4.03. The topological polar surface area (TPSA) is 51.8 Å². The lowest BCUT2D eigenvalue weighted by molar-refractivity contribution is 0.411. The Morgan fingerprint density at radius 1 is 1.42 bits per heavy atom. The van der Waals surface area contributed by atoms with Crippen LogP contribution in [0.4, 0.5) is 5.82 Å². The van der Waals surface area contributed by atoms with Gasteiger partial charge in [0.1, 0.15) is 12.1 Å². The molecule has 0 fully saturated rings. The third-order valence-electron chi connectivity index (χ3n) is 1.54. The molecule has 66 valence electrons. The van der Waals surface area contributed by atoms with E-state index in [4.69, 9.17) is 5.73 Å². The first kappa shape index (κ1) is 8.97. The van der Waals surface area contributed by atoms with E-state index < -0.39 is 0 Å². The van der Waals surface area contributed by atoms with Crippen molar-refractivity contribution in [1.29, 1.82) is 0 Å². The maximum absolute atomic E-state index is 5.68. The highest BCUT2D eigenvalue weighted by Crippen LogP contribution is 2.21. The van der Waals surface area contributed by atoms with Gasteiger partial charge in [0.05, 0.1) is 0 Å². The van der Waals surface area contributed by atoms with Gasteiger partial charge in [-0.1, -0.05) is 20.8 Å². The van der Waals surface area contributed by atoms with E-state index in [9.17, 15) is 0 Å². The number of aromatic nitrogens is 2. The van der Waals surface area contributed by atoms with E-state index in [1.165, 1.54) is 6.33 Å². The van der Waals surface area contributed by atoms with Crippen molar-refractivity contribution in [1.82, 2.24) is 9.97 Å². The maximum Gasteiger partial charge on any atom is 0.129 e. The van der Waals surface area contributed by atoms with Crippen molar-refractivity contribution in [3.05, 3.63) is 18.1 Å². The molecule has 0 aromatic carbocycles. The predicted octanol–water partition coefficient (Wildman–Crippen LogP) is 1.65. The van der Waals surface area contributed by atoms with Crippen LogP contribution in [0.1, 0.15) is 26.3 Å². The van der Waals surface area contributed by atoms with Crippen molar-refractivity contribution in [3.8, 4) is 0 Å². The van der Waals surface area contributed by atoms with Crippen molar-refractivity contribution in [2.75, 3.05) is 5.73 Å². The number of hydrogen-bond acceptors (Lipinski definition) is 3. The van der Waals surface area contributed by atoms with Gasteiger partial charge in [0.15, 0.2) is 0 Å². The van der Waals surface area contributed by atoms with Crippen LogP contribution in [0.15, 0.2) is 12.5 Å². The average molecular weight is 165 g/mol. The summed E-state index contributed by atoms with van der Waals surface area (Å²) in [6.07, 6.45) is 4.18. The number of anilines is 1. The molecule has 0 amide bonds. The fraction of sp³-hybridized carbons (Fsp3) is 0.556. The first-order valence-corrected chi connectivity index (χ1v) is 4.03. The molecule has 0 radical (unpaired) electrons. The van der Waals surface area contributed by atoms with E-state index in [1.54, 1.807) is 6.20 Å². The molecule has 2 N–H and O–H groups in total. The van der Waals surface area contributed by atoms with Gasteiger partial charge in [0, 0.05) is 11.8 Å². The van der Waals surface area contributed by atoms with E-state index in [1.807, 2.05) is 0 Å². The zero-order chi connectivity index (χ0) is 9.19. The van der Waals surface area contributed by atoms with Gasteiger partial charge in [-0.25, -0.2) is 9.97 Å². The lowest BCUT2D eigenvalue weighted by Gasteiger charge is -2.18. The summed E-state index contributed by atoms with van der Waals surface area (Å²) in [5.74, 6) is 0.597. The van der Waals surface area contributed by atoms with Crippen molar-refractivity contribution in [2.45, 2.75) is 27.2 Å². The number of nitrogen functional groups attached to an aromatic ring is 1. The molecule has 0 bridgehead atoms. The molecular weight excluding hydrogens is 150 g/mol. The standard InChI is InChI=1S/C9H15N3/c1-9(2,3)4-7-5-11-6-12-8(7)10/h5-6H,4H2,1-3H3,(H2,10,11,12). The van der Waals surface area contributed by atoms with Crippen LogP contribution in [0.3, 0.4) is 0 Å². The van der Waals surface area contributed by atoms with Crippen molar-refractivity contribution in [2.24, 2.45) is 5.41 Å². The van der Waals surface area contributed by atoms with Gasteiger partial charge in [-0.3, -0.25) is 0 Å². The molecule has 1 aromatic rings. The summed E-state index contributed by atoms with van der Waals surface area (Å²) < 4.78 is 0. The van der Waals surface area contributed by atoms with Crippen LogP contribution in [0.25, 0.3) is 0 Å². The molecule has 0 unspecified atom stereocenters. The molecule has 1 rings (SSSR count). The van der Waals surface area contributed by atoms with Gasteiger partial charge in [-0.05, 0) is 11.8 Å². The molecular formula is C9H15N3. The van der Waals surface area contributed by atoms with Crippen LogP contribution < -0.4 is 5.73 Å². The zero-order valence-electron chi connectivity index (χ0n) is 7.83. The minimum absolute atomic E-state index is 0.235. The first-order chi connectivity index (χ1) is 5.49. The fourth-order valence-electron chi connectivity index (χ4n) is 1.08. The Kier molecular flexibility index (Phi) is 2.31. The molecule has 0 aliphatic carbocycles. The molecule has 1 aromatic heterocycles. The minimum Gasteiger partial charge on any atom is -0.383 e. The number of nitrogens with two attached hydrogens (primary N) is 1. The lowest BCUT2D eigenvalue weighted by atomic mass is 9.89. The van der Waals surface area contributed by atoms with Gasteiger partial charge >= 0.3 is 0 Å². The Balaban J connectivity index is 2.83. The maximum atomic E-state index is 5.68. The molecule has 0 spiro atoms. The van der Waals surface area contributed by atoms with Crippen molar-refractivity contribution >= 4 is 5.82 Å². The average Bonchev–Trinajstić information content (AvgIpc) is 1.91. The second-order valence-corrected chi connectivity index (χ2v) is 4.17. The Morgan fingerprint density at radius 2 is 2.08 bits per heavy atom. The van der Waals surface area contributed by atoms with Crippen molar-refractivity contribution in [3.63, 3.8) is 0 Å². The third-order valence-corrected chi connectivity index (χ3v) is 1.54. The minimum atomic E-state index is 0.235. The van der Waals surface area contributed by atoms with Crippen LogP contribution in [0.2, 0.25) is 0 Å². The molecule has 12 heavy (non-hydrogen) atoms. The smallest absolute Gasteiger partial charge is 0.129 e.